The first-order chi connectivity index (χ1) is 10.1. The Labute approximate surface area is 124 Å². The first-order valence-corrected chi connectivity index (χ1v) is 8.11. The first kappa shape index (κ1) is 14.6. The lowest BCUT2D eigenvalue weighted by atomic mass is 9.84. The highest BCUT2D eigenvalue weighted by Crippen LogP contribution is 2.48. The SMILES string of the molecule is NC1CCCCC1NC(=O)NC1C2CCC(C2)C1C(=O)O. The summed E-state index contributed by atoms with van der Waals surface area (Å²) in [5.41, 5.74) is 6.03. The summed E-state index contributed by atoms with van der Waals surface area (Å²) in [4.78, 5) is 23.6. The zero-order valence-corrected chi connectivity index (χ0v) is 12.3. The van der Waals surface area contributed by atoms with Crippen molar-refractivity contribution in [1.82, 2.24) is 10.6 Å². The number of hydrogen-bond donors (Lipinski definition) is 4. The van der Waals surface area contributed by atoms with E-state index in [1.54, 1.807) is 0 Å². The van der Waals surface area contributed by atoms with Gasteiger partial charge in [-0.15, -0.1) is 0 Å². The smallest absolute Gasteiger partial charge is 0.315 e. The molecule has 6 heteroatoms. The van der Waals surface area contributed by atoms with Crippen LogP contribution in [-0.2, 0) is 4.79 Å². The second-order valence-corrected chi connectivity index (χ2v) is 6.90. The Kier molecular flexibility index (Phi) is 4.06. The number of nitrogens with two attached hydrogens (primary N) is 1. The maximum Gasteiger partial charge on any atom is 0.315 e. The van der Waals surface area contributed by atoms with Crippen LogP contribution in [-0.4, -0.2) is 35.2 Å². The molecule has 0 aromatic rings. The molecule has 0 heterocycles. The number of amides is 2. The summed E-state index contributed by atoms with van der Waals surface area (Å²) in [5, 5.41) is 15.3. The molecule has 6 unspecified atom stereocenters. The maximum absolute atomic E-state index is 12.2. The van der Waals surface area contributed by atoms with Crippen molar-refractivity contribution in [2.45, 2.75) is 63.1 Å². The van der Waals surface area contributed by atoms with Crippen molar-refractivity contribution in [1.29, 1.82) is 0 Å². The fraction of sp³-hybridized carbons (Fsp3) is 0.867. The Balaban J connectivity index is 1.58. The van der Waals surface area contributed by atoms with Crippen molar-refractivity contribution < 1.29 is 14.7 Å². The molecular weight excluding hydrogens is 270 g/mol. The second kappa shape index (κ2) is 5.83. The molecule has 0 saturated heterocycles. The molecule has 3 rings (SSSR count). The van der Waals surface area contributed by atoms with Crippen LogP contribution in [0.25, 0.3) is 0 Å². The molecule has 5 N–H and O–H groups in total. The van der Waals surface area contributed by atoms with E-state index in [0.29, 0.717) is 5.92 Å². The number of carbonyl (C=O) groups is 2. The molecule has 0 spiro atoms. The average molecular weight is 295 g/mol. The summed E-state index contributed by atoms with van der Waals surface area (Å²) in [6, 6.07) is -0.442. The second-order valence-electron chi connectivity index (χ2n) is 6.90. The van der Waals surface area contributed by atoms with Crippen LogP contribution in [0.15, 0.2) is 0 Å². The fourth-order valence-electron chi connectivity index (χ4n) is 4.55. The Morgan fingerprint density at radius 1 is 1.00 bits per heavy atom. The van der Waals surface area contributed by atoms with E-state index in [-0.39, 0.29) is 30.1 Å². The van der Waals surface area contributed by atoms with Crippen molar-refractivity contribution in [3.05, 3.63) is 0 Å². The van der Waals surface area contributed by atoms with E-state index in [0.717, 1.165) is 44.9 Å². The van der Waals surface area contributed by atoms with Crippen LogP contribution in [0.5, 0.6) is 0 Å². The Morgan fingerprint density at radius 3 is 2.43 bits per heavy atom. The zero-order valence-electron chi connectivity index (χ0n) is 12.3. The number of aliphatic carboxylic acids is 1. The van der Waals surface area contributed by atoms with Gasteiger partial charge in [0.25, 0.3) is 0 Å². The maximum atomic E-state index is 12.2. The Morgan fingerprint density at radius 2 is 1.71 bits per heavy atom. The number of carboxylic acids is 1. The average Bonchev–Trinajstić information content (AvgIpc) is 3.02. The molecule has 0 aliphatic heterocycles. The van der Waals surface area contributed by atoms with Gasteiger partial charge >= 0.3 is 12.0 Å². The molecule has 0 aromatic carbocycles. The molecule has 3 saturated carbocycles. The molecular formula is C15H25N3O3. The third-order valence-corrected chi connectivity index (χ3v) is 5.64. The highest BCUT2D eigenvalue weighted by Gasteiger charge is 2.51. The van der Waals surface area contributed by atoms with Gasteiger partial charge in [0.2, 0.25) is 0 Å². The minimum atomic E-state index is -0.776. The van der Waals surface area contributed by atoms with Gasteiger partial charge in [-0.25, -0.2) is 4.79 Å². The number of urea groups is 1. The van der Waals surface area contributed by atoms with Crippen LogP contribution >= 0.6 is 0 Å². The van der Waals surface area contributed by atoms with Crippen LogP contribution in [0.4, 0.5) is 4.79 Å². The number of carbonyl (C=O) groups excluding carboxylic acids is 1. The lowest BCUT2D eigenvalue weighted by Gasteiger charge is -2.32. The zero-order chi connectivity index (χ0) is 15.0. The van der Waals surface area contributed by atoms with E-state index in [4.69, 9.17) is 5.73 Å². The van der Waals surface area contributed by atoms with Crippen LogP contribution in [0.1, 0.15) is 44.9 Å². The van der Waals surface area contributed by atoms with E-state index in [9.17, 15) is 14.7 Å². The van der Waals surface area contributed by atoms with Gasteiger partial charge in [0.1, 0.15) is 0 Å². The standard InChI is InChI=1S/C15H25N3O3/c16-10-3-1-2-4-11(10)17-15(21)18-13-9-6-5-8(7-9)12(13)14(19)20/h8-13H,1-7,16H2,(H,19,20)(H2,17,18,21). The van der Waals surface area contributed by atoms with Crippen LogP contribution < -0.4 is 16.4 Å². The van der Waals surface area contributed by atoms with Gasteiger partial charge in [0.05, 0.1) is 5.92 Å². The number of carboxylic acid groups (broad SMARTS) is 1. The molecule has 0 radical (unpaired) electrons. The number of nitrogens with one attached hydrogen (secondary N) is 2. The summed E-state index contributed by atoms with van der Waals surface area (Å²) in [6.45, 7) is 0. The molecule has 2 bridgehead atoms. The van der Waals surface area contributed by atoms with Gasteiger partial charge in [0, 0.05) is 18.1 Å². The molecule has 3 fully saturated rings. The van der Waals surface area contributed by atoms with E-state index in [1.807, 2.05) is 0 Å². The van der Waals surface area contributed by atoms with Crippen molar-refractivity contribution in [3.63, 3.8) is 0 Å². The highest BCUT2D eigenvalue weighted by atomic mass is 16.4. The predicted molar refractivity (Wildman–Crippen MR) is 77.6 cm³/mol. The quantitative estimate of drug-likeness (QED) is 0.624. The molecule has 6 atom stereocenters. The van der Waals surface area contributed by atoms with Gasteiger partial charge in [-0.05, 0) is 43.9 Å². The Hall–Kier alpha value is -1.30. The lowest BCUT2D eigenvalue weighted by Crippen LogP contribution is -2.56. The minimum absolute atomic E-state index is 0.0137. The third kappa shape index (κ3) is 2.86. The third-order valence-electron chi connectivity index (χ3n) is 5.64. The van der Waals surface area contributed by atoms with Gasteiger partial charge in [-0.3, -0.25) is 4.79 Å². The van der Waals surface area contributed by atoms with Crippen molar-refractivity contribution in [2.24, 2.45) is 23.5 Å². The fourth-order valence-corrected chi connectivity index (χ4v) is 4.55. The first-order valence-electron chi connectivity index (χ1n) is 8.11. The van der Waals surface area contributed by atoms with Gasteiger partial charge in [-0.2, -0.15) is 0 Å². The van der Waals surface area contributed by atoms with Gasteiger partial charge in [0.15, 0.2) is 0 Å². The van der Waals surface area contributed by atoms with Crippen LogP contribution in [0.3, 0.4) is 0 Å². The lowest BCUT2D eigenvalue weighted by molar-refractivity contribution is -0.144. The number of fused-ring (bicyclic) bond motifs is 2. The van der Waals surface area contributed by atoms with E-state index in [2.05, 4.69) is 10.6 Å². The molecule has 6 nitrogen and oxygen atoms in total. The monoisotopic (exact) mass is 295 g/mol. The van der Waals surface area contributed by atoms with Crippen LogP contribution in [0.2, 0.25) is 0 Å². The highest BCUT2D eigenvalue weighted by molar-refractivity contribution is 5.77. The summed E-state index contributed by atoms with van der Waals surface area (Å²) < 4.78 is 0. The van der Waals surface area contributed by atoms with E-state index in [1.165, 1.54) is 0 Å². The number of hydrogen-bond acceptors (Lipinski definition) is 3. The largest absolute Gasteiger partial charge is 0.481 e. The molecule has 3 aliphatic carbocycles. The number of rotatable bonds is 3. The topological polar surface area (TPSA) is 104 Å². The van der Waals surface area contributed by atoms with Crippen molar-refractivity contribution in [2.75, 3.05) is 0 Å². The summed E-state index contributed by atoms with van der Waals surface area (Å²) in [5.74, 6) is -0.645. The van der Waals surface area contributed by atoms with E-state index >= 15 is 0 Å². The molecule has 21 heavy (non-hydrogen) atoms. The summed E-state index contributed by atoms with van der Waals surface area (Å²) >= 11 is 0. The molecule has 0 aromatic heterocycles. The molecule has 3 aliphatic rings. The summed E-state index contributed by atoms with van der Waals surface area (Å²) in [7, 11) is 0. The minimum Gasteiger partial charge on any atom is -0.481 e. The molecule has 118 valence electrons. The Bertz CT molecular complexity index is 428. The van der Waals surface area contributed by atoms with Crippen molar-refractivity contribution in [3.8, 4) is 0 Å². The van der Waals surface area contributed by atoms with Gasteiger partial charge < -0.3 is 21.5 Å². The predicted octanol–water partition coefficient (Wildman–Crippen LogP) is 1.05. The summed E-state index contributed by atoms with van der Waals surface area (Å²) in [6.07, 6.45) is 7.01. The molecule has 2 amide bonds. The normalized spacial score (nSPS) is 41.8. The van der Waals surface area contributed by atoms with Gasteiger partial charge in [-0.1, -0.05) is 12.8 Å². The van der Waals surface area contributed by atoms with Crippen molar-refractivity contribution >= 4 is 12.0 Å². The van der Waals surface area contributed by atoms with Crippen LogP contribution in [0, 0.1) is 17.8 Å². The van der Waals surface area contributed by atoms with E-state index < -0.39 is 11.9 Å².